The molecule has 0 aliphatic carbocycles. The molecular formula is C9H3BrINS. The van der Waals surface area contributed by atoms with Crippen molar-refractivity contribution >= 4 is 59.9 Å². The minimum Gasteiger partial charge on any atom is -0.192 e. The third-order valence-electron chi connectivity index (χ3n) is 1.76. The van der Waals surface area contributed by atoms with E-state index in [0.717, 1.165) is 19.0 Å². The van der Waals surface area contributed by atoms with Crippen LogP contribution < -0.4 is 0 Å². The average Bonchev–Trinajstić information content (AvgIpc) is 2.54. The summed E-state index contributed by atoms with van der Waals surface area (Å²) in [7, 11) is 0. The standard InChI is InChI=1S/C9H3BrINS/c10-9-6(4-12)5-1-2-13-8(5)3-7(9)11/h1-3H. The molecule has 0 N–H and O–H groups in total. The van der Waals surface area contributed by atoms with Gasteiger partial charge in [0.05, 0.1) is 5.56 Å². The van der Waals surface area contributed by atoms with E-state index in [1.807, 2.05) is 11.4 Å². The number of benzene rings is 1. The number of thiophene rings is 1. The van der Waals surface area contributed by atoms with Crippen molar-refractivity contribution in [2.45, 2.75) is 0 Å². The van der Waals surface area contributed by atoms with Crippen LogP contribution in [0.2, 0.25) is 0 Å². The zero-order valence-corrected chi connectivity index (χ0v) is 10.9. The Morgan fingerprint density at radius 1 is 1.54 bits per heavy atom. The molecule has 1 aromatic carbocycles. The van der Waals surface area contributed by atoms with E-state index < -0.39 is 0 Å². The number of nitrogens with zero attached hydrogens (tertiary/aromatic N) is 1. The van der Waals surface area contributed by atoms with Crippen molar-refractivity contribution in [3.8, 4) is 6.07 Å². The van der Waals surface area contributed by atoms with Crippen LogP contribution in [0.3, 0.4) is 0 Å². The molecule has 0 aliphatic rings. The van der Waals surface area contributed by atoms with E-state index in [4.69, 9.17) is 5.26 Å². The summed E-state index contributed by atoms with van der Waals surface area (Å²) in [5.41, 5.74) is 0.739. The van der Waals surface area contributed by atoms with Crippen LogP contribution in [0.4, 0.5) is 0 Å². The molecular weight excluding hydrogens is 361 g/mol. The van der Waals surface area contributed by atoms with Gasteiger partial charge in [0.2, 0.25) is 0 Å². The number of rotatable bonds is 0. The Bertz CT molecular complexity index is 512. The summed E-state index contributed by atoms with van der Waals surface area (Å²) in [5.74, 6) is 0. The summed E-state index contributed by atoms with van der Waals surface area (Å²) in [6.45, 7) is 0. The Morgan fingerprint density at radius 2 is 2.31 bits per heavy atom. The molecule has 1 aromatic heterocycles. The first kappa shape index (κ1) is 9.44. The molecule has 0 aliphatic heterocycles. The number of halogens is 2. The lowest BCUT2D eigenvalue weighted by molar-refractivity contribution is 1.48. The third kappa shape index (κ3) is 1.49. The quantitative estimate of drug-likeness (QED) is 0.645. The number of fused-ring (bicyclic) bond motifs is 1. The van der Waals surface area contributed by atoms with E-state index in [2.05, 4.69) is 50.7 Å². The zero-order valence-electron chi connectivity index (χ0n) is 6.34. The molecule has 0 saturated carbocycles. The summed E-state index contributed by atoms with van der Waals surface area (Å²) in [5, 5.41) is 12.0. The van der Waals surface area contributed by atoms with Gasteiger partial charge < -0.3 is 0 Å². The summed E-state index contributed by atoms with van der Waals surface area (Å²) in [6, 6.07) is 6.29. The largest absolute Gasteiger partial charge is 0.192 e. The monoisotopic (exact) mass is 363 g/mol. The van der Waals surface area contributed by atoms with E-state index >= 15 is 0 Å². The van der Waals surface area contributed by atoms with E-state index in [1.165, 1.54) is 4.70 Å². The van der Waals surface area contributed by atoms with E-state index in [9.17, 15) is 0 Å². The average molecular weight is 364 g/mol. The number of nitriles is 1. The van der Waals surface area contributed by atoms with Gasteiger partial charge in [-0.05, 0) is 56.0 Å². The van der Waals surface area contributed by atoms with Gasteiger partial charge in [-0.15, -0.1) is 11.3 Å². The Hall–Kier alpha value is -0.120. The second kappa shape index (κ2) is 3.56. The fraction of sp³-hybridized carbons (Fsp3) is 0. The number of hydrogen-bond acceptors (Lipinski definition) is 2. The maximum absolute atomic E-state index is 8.98. The van der Waals surface area contributed by atoms with Crippen LogP contribution in [0.15, 0.2) is 22.0 Å². The van der Waals surface area contributed by atoms with Crippen molar-refractivity contribution in [1.29, 1.82) is 5.26 Å². The van der Waals surface area contributed by atoms with Crippen LogP contribution in [-0.4, -0.2) is 0 Å². The van der Waals surface area contributed by atoms with Crippen LogP contribution in [0, 0.1) is 14.9 Å². The second-order valence-corrected chi connectivity index (χ2v) is 5.39. The summed E-state index contributed by atoms with van der Waals surface area (Å²) < 4.78 is 3.16. The maximum atomic E-state index is 8.98. The van der Waals surface area contributed by atoms with Gasteiger partial charge in [0, 0.05) is 18.1 Å². The lowest BCUT2D eigenvalue weighted by atomic mass is 10.1. The predicted octanol–water partition coefficient (Wildman–Crippen LogP) is 4.14. The molecule has 0 atom stereocenters. The fourth-order valence-electron chi connectivity index (χ4n) is 1.16. The summed E-state index contributed by atoms with van der Waals surface area (Å²) in [6.07, 6.45) is 0. The smallest absolute Gasteiger partial charge is 0.101 e. The fourth-order valence-corrected chi connectivity index (χ4v) is 3.21. The van der Waals surface area contributed by atoms with Crippen molar-refractivity contribution in [1.82, 2.24) is 0 Å². The molecule has 1 heterocycles. The Balaban J connectivity index is 2.98. The molecule has 0 unspecified atom stereocenters. The molecule has 0 saturated heterocycles. The van der Waals surface area contributed by atoms with Crippen molar-refractivity contribution < 1.29 is 0 Å². The highest BCUT2D eigenvalue weighted by Gasteiger charge is 2.09. The molecule has 4 heteroatoms. The van der Waals surface area contributed by atoms with Crippen molar-refractivity contribution in [3.63, 3.8) is 0 Å². The first-order valence-corrected chi connectivity index (χ1v) is 6.24. The predicted molar refractivity (Wildman–Crippen MR) is 67.0 cm³/mol. The second-order valence-electron chi connectivity index (χ2n) is 2.49. The molecule has 1 nitrogen and oxygen atoms in total. The summed E-state index contributed by atoms with van der Waals surface area (Å²) in [4.78, 5) is 0. The molecule has 0 radical (unpaired) electrons. The molecule has 64 valence electrons. The SMILES string of the molecule is N#Cc1c(Br)c(I)cc2sccc12. The molecule has 0 bridgehead atoms. The van der Waals surface area contributed by atoms with E-state index in [0.29, 0.717) is 0 Å². The lowest BCUT2D eigenvalue weighted by Crippen LogP contribution is -1.82. The van der Waals surface area contributed by atoms with Crippen LogP contribution in [0.25, 0.3) is 10.1 Å². The minimum absolute atomic E-state index is 0.739. The van der Waals surface area contributed by atoms with Gasteiger partial charge in [-0.3, -0.25) is 0 Å². The molecule has 0 spiro atoms. The van der Waals surface area contributed by atoms with Crippen LogP contribution >= 0.6 is 49.9 Å². The summed E-state index contributed by atoms with van der Waals surface area (Å²) >= 11 is 7.31. The highest BCUT2D eigenvalue weighted by atomic mass is 127. The molecule has 2 rings (SSSR count). The van der Waals surface area contributed by atoms with Crippen molar-refractivity contribution in [2.75, 3.05) is 0 Å². The van der Waals surface area contributed by atoms with Gasteiger partial charge in [0.25, 0.3) is 0 Å². The molecule has 2 aromatic rings. The molecule has 13 heavy (non-hydrogen) atoms. The topological polar surface area (TPSA) is 23.8 Å². The van der Waals surface area contributed by atoms with Crippen LogP contribution in [-0.2, 0) is 0 Å². The van der Waals surface area contributed by atoms with Gasteiger partial charge in [-0.1, -0.05) is 0 Å². The van der Waals surface area contributed by atoms with E-state index in [-0.39, 0.29) is 0 Å². The zero-order chi connectivity index (χ0) is 9.42. The van der Waals surface area contributed by atoms with Gasteiger partial charge in [0.1, 0.15) is 6.07 Å². The van der Waals surface area contributed by atoms with Crippen molar-refractivity contribution in [2.24, 2.45) is 0 Å². The Labute approximate surface area is 102 Å². The van der Waals surface area contributed by atoms with Gasteiger partial charge in [-0.2, -0.15) is 5.26 Å². The Kier molecular flexibility index (Phi) is 2.58. The maximum Gasteiger partial charge on any atom is 0.101 e. The molecule has 0 amide bonds. The van der Waals surface area contributed by atoms with E-state index in [1.54, 1.807) is 11.3 Å². The van der Waals surface area contributed by atoms with Crippen LogP contribution in [0.5, 0.6) is 0 Å². The third-order valence-corrected chi connectivity index (χ3v) is 5.04. The highest BCUT2D eigenvalue weighted by Crippen LogP contribution is 2.33. The number of hydrogen-bond donors (Lipinski definition) is 0. The van der Waals surface area contributed by atoms with Crippen LogP contribution in [0.1, 0.15) is 5.56 Å². The molecule has 0 fully saturated rings. The Morgan fingerprint density at radius 3 is 3.00 bits per heavy atom. The lowest BCUT2D eigenvalue weighted by Gasteiger charge is -2.00. The first-order valence-electron chi connectivity index (χ1n) is 3.49. The minimum atomic E-state index is 0.739. The van der Waals surface area contributed by atoms with Crippen molar-refractivity contribution in [3.05, 3.63) is 31.1 Å². The first-order chi connectivity index (χ1) is 6.24. The van der Waals surface area contributed by atoms with Gasteiger partial charge in [0.15, 0.2) is 0 Å². The normalized spacial score (nSPS) is 10.2. The van der Waals surface area contributed by atoms with Gasteiger partial charge in [-0.25, -0.2) is 0 Å². The van der Waals surface area contributed by atoms with Gasteiger partial charge >= 0.3 is 0 Å². The highest BCUT2D eigenvalue weighted by molar-refractivity contribution is 14.1.